The number of rotatable bonds is 8. The van der Waals surface area contributed by atoms with E-state index in [9.17, 15) is 14.4 Å². The first-order valence-corrected chi connectivity index (χ1v) is 10.1. The van der Waals surface area contributed by atoms with Crippen LogP contribution in [0.1, 0.15) is 33.1 Å². The lowest BCUT2D eigenvalue weighted by atomic mass is 10.1. The van der Waals surface area contributed by atoms with Gasteiger partial charge in [0.05, 0.1) is 5.92 Å². The number of ether oxygens (including phenoxy) is 1. The molecule has 1 atom stereocenters. The fourth-order valence-electron chi connectivity index (χ4n) is 2.91. The molecule has 1 N–H and O–H groups in total. The van der Waals surface area contributed by atoms with Crippen LogP contribution in [0.15, 0.2) is 29.2 Å². The van der Waals surface area contributed by atoms with E-state index in [0.29, 0.717) is 0 Å². The molecule has 0 spiro atoms. The number of benzene rings is 1. The van der Waals surface area contributed by atoms with Crippen molar-refractivity contribution in [3.8, 4) is 0 Å². The standard InChI is InChI=1S/C19H26N2O4S/c1-4-14(5-2)20-17(22)12-25-19(24)13-9-18(23)21(11-13)15-7-6-8-16(10-15)26-3/h6-8,10,13-14H,4-5,9,11-12H2,1-3H3,(H,20,22)/t13-/m1/s1. The second kappa shape index (κ2) is 9.62. The first kappa shape index (κ1) is 20.3. The molecule has 1 saturated heterocycles. The van der Waals surface area contributed by atoms with Crippen molar-refractivity contribution in [1.82, 2.24) is 5.32 Å². The summed E-state index contributed by atoms with van der Waals surface area (Å²) in [6.07, 6.45) is 3.74. The summed E-state index contributed by atoms with van der Waals surface area (Å²) in [5.41, 5.74) is 0.781. The number of nitrogens with zero attached hydrogens (tertiary/aromatic N) is 1. The van der Waals surface area contributed by atoms with Crippen molar-refractivity contribution < 1.29 is 19.1 Å². The summed E-state index contributed by atoms with van der Waals surface area (Å²) in [4.78, 5) is 39.0. The van der Waals surface area contributed by atoms with Crippen LogP contribution in [-0.2, 0) is 19.1 Å². The van der Waals surface area contributed by atoms with Gasteiger partial charge >= 0.3 is 5.97 Å². The third-order valence-corrected chi connectivity index (χ3v) is 5.24. The molecular formula is C19H26N2O4S. The molecule has 1 aliphatic heterocycles. The maximum absolute atomic E-state index is 12.3. The number of hydrogen-bond acceptors (Lipinski definition) is 5. The topological polar surface area (TPSA) is 75.7 Å². The minimum absolute atomic E-state index is 0.0912. The van der Waals surface area contributed by atoms with Crippen LogP contribution in [0.25, 0.3) is 0 Å². The van der Waals surface area contributed by atoms with Gasteiger partial charge in [0, 0.05) is 29.6 Å². The maximum Gasteiger partial charge on any atom is 0.311 e. The van der Waals surface area contributed by atoms with Gasteiger partial charge in [-0.2, -0.15) is 0 Å². The Hall–Kier alpha value is -2.02. The lowest BCUT2D eigenvalue weighted by Gasteiger charge is -2.17. The highest BCUT2D eigenvalue weighted by atomic mass is 32.2. The molecule has 0 bridgehead atoms. The number of nitrogens with one attached hydrogen (secondary N) is 1. The van der Waals surface area contributed by atoms with Crippen molar-refractivity contribution >= 4 is 35.2 Å². The highest BCUT2D eigenvalue weighted by Crippen LogP contribution is 2.28. The van der Waals surface area contributed by atoms with Crippen molar-refractivity contribution in [1.29, 1.82) is 0 Å². The molecule has 2 amide bonds. The van der Waals surface area contributed by atoms with Crippen LogP contribution in [0, 0.1) is 5.92 Å². The molecule has 0 radical (unpaired) electrons. The summed E-state index contributed by atoms with van der Waals surface area (Å²) in [5.74, 6) is -1.45. The van der Waals surface area contributed by atoms with Crippen molar-refractivity contribution in [2.24, 2.45) is 5.92 Å². The molecule has 1 fully saturated rings. The first-order valence-electron chi connectivity index (χ1n) is 8.88. The first-order chi connectivity index (χ1) is 12.5. The molecule has 7 heteroatoms. The molecule has 2 rings (SSSR count). The molecule has 0 unspecified atom stereocenters. The lowest BCUT2D eigenvalue weighted by Crippen LogP contribution is -2.37. The molecule has 0 aromatic heterocycles. The summed E-state index contributed by atoms with van der Waals surface area (Å²) < 4.78 is 5.12. The zero-order chi connectivity index (χ0) is 19.1. The Morgan fingerprint density at radius 1 is 1.35 bits per heavy atom. The minimum Gasteiger partial charge on any atom is -0.455 e. The number of carbonyl (C=O) groups excluding carboxylic acids is 3. The summed E-state index contributed by atoms with van der Waals surface area (Å²) >= 11 is 1.60. The van der Waals surface area contributed by atoms with Gasteiger partial charge in [0.15, 0.2) is 6.61 Å². The Labute approximate surface area is 158 Å². The predicted molar refractivity (Wildman–Crippen MR) is 102 cm³/mol. The molecule has 0 saturated carbocycles. The number of esters is 1. The van der Waals surface area contributed by atoms with Crippen LogP contribution in [0.2, 0.25) is 0 Å². The molecule has 1 heterocycles. The fraction of sp³-hybridized carbons (Fsp3) is 0.526. The third kappa shape index (κ3) is 5.24. The van der Waals surface area contributed by atoms with E-state index in [1.165, 1.54) is 0 Å². The van der Waals surface area contributed by atoms with E-state index >= 15 is 0 Å². The largest absolute Gasteiger partial charge is 0.455 e. The van der Waals surface area contributed by atoms with E-state index in [0.717, 1.165) is 23.4 Å². The van der Waals surface area contributed by atoms with Crippen molar-refractivity contribution in [3.05, 3.63) is 24.3 Å². The maximum atomic E-state index is 12.3. The number of thioether (sulfide) groups is 1. The van der Waals surface area contributed by atoms with Crippen molar-refractivity contribution in [3.63, 3.8) is 0 Å². The van der Waals surface area contributed by atoms with Gasteiger partial charge in [-0.25, -0.2) is 0 Å². The molecule has 142 valence electrons. The van der Waals surface area contributed by atoms with E-state index in [2.05, 4.69) is 5.32 Å². The van der Waals surface area contributed by atoms with Gasteiger partial charge in [-0.3, -0.25) is 14.4 Å². The van der Waals surface area contributed by atoms with Crippen LogP contribution >= 0.6 is 11.8 Å². The second-order valence-electron chi connectivity index (χ2n) is 6.30. The Balaban J connectivity index is 1.89. The zero-order valence-electron chi connectivity index (χ0n) is 15.5. The van der Waals surface area contributed by atoms with Gasteiger partial charge in [-0.05, 0) is 37.3 Å². The Bertz CT molecular complexity index is 661. The van der Waals surface area contributed by atoms with Crippen LogP contribution in [-0.4, -0.2) is 43.2 Å². The predicted octanol–water partition coefficient (Wildman–Crippen LogP) is 2.61. The lowest BCUT2D eigenvalue weighted by molar-refractivity contribution is -0.152. The second-order valence-corrected chi connectivity index (χ2v) is 7.18. The number of hydrogen-bond donors (Lipinski definition) is 1. The Morgan fingerprint density at radius 2 is 2.08 bits per heavy atom. The van der Waals surface area contributed by atoms with E-state index < -0.39 is 11.9 Å². The van der Waals surface area contributed by atoms with Gasteiger partial charge in [0.1, 0.15) is 0 Å². The van der Waals surface area contributed by atoms with E-state index in [1.807, 2.05) is 44.4 Å². The molecule has 1 aromatic carbocycles. The smallest absolute Gasteiger partial charge is 0.311 e. The molecule has 26 heavy (non-hydrogen) atoms. The molecule has 0 aliphatic carbocycles. The quantitative estimate of drug-likeness (QED) is 0.556. The number of carbonyl (C=O) groups is 3. The van der Waals surface area contributed by atoms with Crippen LogP contribution in [0.5, 0.6) is 0 Å². The summed E-state index contributed by atoms with van der Waals surface area (Å²) in [7, 11) is 0. The van der Waals surface area contributed by atoms with E-state index in [-0.39, 0.29) is 37.4 Å². The fourth-order valence-corrected chi connectivity index (χ4v) is 3.36. The van der Waals surface area contributed by atoms with Crippen LogP contribution in [0.4, 0.5) is 5.69 Å². The zero-order valence-corrected chi connectivity index (χ0v) is 16.3. The normalized spacial score (nSPS) is 16.8. The third-order valence-electron chi connectivity index (χ3n) is 4.52. The van der Waals surface area contributed by atoms with Gasteiger partial charge in [-0.15, -0.1) is 11.8 Å². The Kier molecular flexibility index (Phi) is 7.50. The van der Waals surface area contributed by atoms with Crippen LogP contribution in [0.3, 0.4) is 0 Å². The monoisotopic (exact) mass is 378 g/mol. The average molecular weight is 378 g/mol. The van der Waals surface area contributed by atoms with E-state index in [4.69, 9.17) is 4.74 Å². The average Bonchev–Trinajstić information content (AvgIpc) is 3.06. The molecule has 6 nitrogen and oxygen atoms in total. The van der Waals surface area contributed by atoms with Gasteiger partial charge < -0.3 is 15.0 Å². The minimum atomic E-state index is -0.540. The molecular weight excluding hydrogens is 352 g/mol. The number of amides is 2. The van der Waals surface area contributed by atoms with Gasteiger partial charge in [-0.1, -0.05) is 19.9 Å². The highest BCUT2D eigenvalue weighted by Gasteiger charge is 2.36. The van der Waals surface area contributed by atoms with Gasteiger partial charge in [0.2, 0.25) is 5.91 Å². The summed E-state index contributed by atoms with van der Waals surface area (Å²) in [5, 5.41) is 2.82. The molecule has 1 aromatic rings. The number of anilines is 1. The SMILES string of the molecule is CCC(CC)NC(=O)COC(=O)[C@@H]1CC(=O)N(c2cccc(SC)c2)C1. The summed E-state index contributed by atoms with van der Waals surface area (Å²) in [6, 6.07) is 7.74. The van der Waals surface area contributed by atoms with Gasteiger partial charge in [0.25, 0.3) is 5.91 Å². The van der Waals surface area contributed by atoms with E-state index in [1.54, 1.807) is 16.7 Å². The van der Waals surface area contributed by atoms with Crippen molar-refractivity contribution in [2.45, 2.75) is 44.0 Å². The summed E-state index contributed by atoms with van der Waals surface area (Å²) in [6.45, 7) is 3.96. The molecule has 1 aliphatic rings. The van der Waals surface area contributed by atoms with Crippen LogP contribution < -0.4 is 10.2 Å². The van der Waals surface area contributed by atoms with Crippen molar-refractivity contribution in [2.75, 3.05) is 24.3 Å². The Morgan fingerprint density at radius 3 is 2.73 bits per heavy atom. The highest BCUT2D eigenvalue weighted by molar-refractivity contribution is 7.98.